The van der Waals surface area contributed by atoms with Crippen molar-refractivity contribution in [1.29, 1.82) is 0 Å². The van der Waals surface area contributed by atoms with Gasteiger partial charge in [-0.05, 0) is 71.1 Å². The van der Waals surface area contributed by atoms with E-state index in [1.165, 1.54) is 19.0 Å². The number of Topliss-reactive ketones (excluding diaryl/α,β-unsaturated/α-hetero) is 1. The Labute approximate surface area is 271 Å². The molecule has 3 rings (SSSR count). The lowest BCUT2D eigenvalue weighted by atomic mass is 9.79. The van der Waals surface area contributed by atoms with Gasteiger partial charge in [0.2, 0.25) is 5.91 Å². The van der Waals surface area contributed by atoms with Crippen LogP contribution >= 0.6 is 0 Å². The fourth-order valence-electron chi connectivity index (χ4n) is 5.44. The Balaban J connectivity index is 1.67. The largest absolute Gasteiger partial charge is 0.468 e. The summed E-state index contributed by atoms with van der Waals surface area (Å²) in [6, 6.07) is 8.66. The Kier molecular flexibility index (Phi) is 11.8. The van der Waals surface area contributed by atoms with Crippen molar-refractivity contribution in [3.63, 3.8) is 0 Å². The predicted octanol–water partition coefficient (Wildman–Crippen LogP) is 4.69. The molecule has 1 aromatic heterocycles. The Morgan fingerprint density at radius 2 is 1.78 bits per heavy atom. The van der Waals surface area contributed by atoms with Crippen molar-refractivity contribution in [2.24, 2.45) is 17.3 Å². The lowest BCUT2D eigenvalue weighted by Crippen LogP contribution is -2.65. The molecule has 46 heavy (non-hydrogen) atoms. The normalized spacial score (nSPS) is 19.0. The second-order valence-corrected chi connectivity index (χ2v) is 13.2. The minimum absolute atomic E-state index is 0.000793. The lowest BCUT2D eigenvalue weighted by Gasteiger charge is -2.40. The second kappa shape index (κ2) is 15.0. The van der Waals surface area contributed by atoms with Crippen molar-refractivity contribution in [2.45, 2.75) is 92.3 Å². The topological polar surface area (TPSA) is 144 Å². The van der Waals surface area contributed by atoms with Gasteiger partial charge in [0.15, 0.2) is 0 Å². The van der Waals surface area contributed by atoms with Crippen LogP contribution in [0.25, 0.3) is 17.0 Å². The van der Waals surface area contributed by atoms with Crippen molar-refractivity contribution in [1.82, 2.24) is 20.7 Å². The summed E-state index contributed by atoms with van der Waals surface area (Å²) in [5, 5.41) is 5.08. The van der Waals surface area contributed by atoms with Crippen LogP contribution in [-0.2, 0) is 33.4 Å². The number of carbonyl (C=O) groups excluding carboxylic acids is 5. The summed E-state index contributed by atoms with van der Waals surface area (Å²) in [4.78, 5) is 68.4. The van der Waals surface area contributed by atoms with Crippen LogP contribution in [0.2, 0.25) is 0 Å². The van der Waals surface area contributed by atoms with Crippen molar-refractivity contribution in [3.05, 3.63) is 47.7 Å². The van der Waals surface area contributed by atoms with Gasteiger partial charge >= 0.3 is 11.9 Å². The van der Waals surface area contributed by atoms with Crippen LogP contribution in [0.15, 0.2) is 36.4 Å². The molecule has 1 saturated heterocycles. The zero-order chi connectivity index (χ0) is 34.4. The first-order valence-corrected chi connectivity index (χ1v) is 15.8. The quantitative estimate of drug-likeness (QED) is 0.317. The summed E-state index contributed by atoms with van der Waals surface area (Å²) in [7, 11) is 1.30. The van der Waals surface area contributed by atoms with E-state index in [2.05, 4.69) is 15.7 Å². The lowest BCUT2D eigenvalue weighted by molar-refractivity contribution is -0.157. The third kappa shape index (κ3) is 8.99. The smallest absolute Gasteiger partial charge is 0.327 e. The number of allylic oxidation sites excluding steroid dienone is 1. The summed E-state index contributed by atoms with van der Waals surface area (Å²) in [5.41, 5.74) is 3.27. The van der Waals surface area contributed by atoms with Gasteiger partial charge < -0.3 is 14.8 Å². The molecule has 0 saturated carbocycles. The van der Waals surface area contributed by atoms with E-state index >= 15 is 0 Å². The Bertz CT molecular complexity index is 1500. The molecule has 2 N–H and O–H groups in total. The maximum Gasteiger partial charge on any atom is 0.327 e. The highest BCUT2D eigenvalue weighted by Crippen LogP contribution is 2.28. The van der Waals surface area contributed by atoms with Crippen LogP contribution in [0.3, 0.4) is 0 Å². The standard InChI is InChI=1S/C35H48N4O7/c1-21(2)27(31(42)36-22(3)32(43)39-18-10-16-35(8,38-39)33(44)45-9)20-30(41)34(6,7)17-15-25-11-12-26-13-14-28(37-29(26)19-25)23(4)46-24(5)40/h11-15,17,19,21-23,27,38H,10,16,18,20H2,1-9H3,(H,36,42)/b17-15+/t22-,23+,27-,35?/m0/s1. The number of amides is 2. The third-order valence-corrected chi connectivity index (χ3v) is 8.53. The van der Waals surface area contributed by atoms with Gasteiger partial charge in [-0.1, -0.05) is 44.2 Å². The van der Waals surface area contributed by atoms with E-state index in [-0.39, 0.29) is 35.9 Å². The first-order chi connectivity index (χ1) is 21.5. The molecule has 11 nitrogen and oxygen atoms in total. The van der Waals surface area contributed by atoms with Crippen LogP contribution in [0.4, 0.5) is 0 Å². The van der Waals surface area contributed by atoms with E-state index in [0.29, 0.717) is 25.1 Å². The van der Waals surface area contributed by atoms with E-state index < -0.39 is 35.0 Å². The maximum absolute atomic E-state index is 13.5. The summed E-state index contributed by atoms with van der Waals surface area (Å²) in [5.74, 6) is -2.51. The van der Waals surface area contributed by atoms with Gasteiger partial charge in [0.25, 0.3) is 5.91 Å². The molecule has 4 atom stereocenters. The molecule has 250 valence electrons. The molecule has 0 bridgehead atoms. The molecule has 11 heteroatoms. The summed E-state index contributed by atoms with van der Waals surface area (Å²) < 4.78 is 10.1. The summed E-state index contributed by atoms with van der Waals surface area (Å²) >= 11 is 0. The number of benzene rings is 1. The predicted molar refractivity (Wildman–Crippen MR) is 175 cm³/mol. The molecular formula is C35H48N4O7. The molecule has 1 aliphatic heterocycles. The summed E-state index contributed by atoms with van der Waals surface area (Å²) in [6.45, 7) is 14.2. The molecule has 2 heterocycles. The molecule has 0 aliphatic carbocycles. The molecule has 0 radical (unpaired) electrons. The van der Waals surface area contributed by atoms with Crippen LogP contribution < -0.4 is 10.7 Å². The first-order valence-electron chi connectivity index (χ1n) is 15.8. The Morgan fingerprint density at radius 3 is 2.41 bits per heavy atom. The van der Waals surface area contributed by atoms with Crippen LogP contribution in [0, 0.1) is 17.3 Å². The van der Waals surface area contributed by atoms with Gasteiger partial charge in [0, 0.05) is 36.6 Å². The van der Waals surface area contributed by atoms with E-state index in [4.69, 9.17) is 9.47 Å². The number of fused-ring (bicyclic) bond motifs is 1. The SMILES string of the molecule is COC(=O)C1(C)CCCN(C(=O)[C@H](C)NC(=O)[C@@H](CC(=O)C(C)(C)/C=C/c2ccc3ccc([C@@H](C)OC(C)=O)nc3c2)C(C)C)N1. The molecule has 1 aromatic carbocycles. The highest BCUT2D eigenvalue weighted by atomic mass is 16.5. The van der Waals surface area contributed by atoms with Crippen molar-refractivity contribution in [3.8, 4) is 0 Å². The average Bonchev–Trinajstić information content (AvgIpc) is 3.00. The molecule has 2 amide bonds. The third-order valence-electron chi connectivity index (χ3n) is 8.53. The maximum atomic E-state index is 13.5. The monoisotopic (exact) mass is 636 g/mol. The van der Waals surface area contributed by atoms with Crippen molar-refractivity contribution < 1.29 is 33.4 Å². The summed E-state index contributed by atoms with van der Waals surface area (Å²) in [6.07, 6.45) is 4.32. The molecular weight excluding hydrogens is 588 g/mol. The number of nitrogens with zero attached hydrogens (tertiary/aromatic N) is 2. The number of rotatable bonds is 12. The number of esters is 2. The van der Waals surface area contributed by atoms with Crippen molar-refractivity contribution >= 4 is 46.5 Å². The zero-order valence-electron chi connectivity index (χ0n) is 28.4. The number of methoxy groups -OCH3 is 1. The second-order valence-electron chi connectivity index (χ2n) is 13.2. The van der Waals surface area contributed by atoms with E-state index in [0.717, 1.165) is 16.5 Å². The first kappa shape index (κ1) is 36.3. The number of hydrogen-bond donors (Lipinski definition) is 2. The molecule has 1 aliphatic rings. The van der Waals surface area contributed by atoms with Crippen LogP contribution in [-0.4, -0.2) is 64.8 Å². The number of carbonyl (C=O) groups is 5. The van der Waals surface area contributed by atoms with E-state index in [1.54, 1.807) is 20.8 Å². The number of pyridine rings is 1. The molecule has 1 fully saturated rings. The van der Waals surface area contributed by atoms with Crippen molar-refractivity contribution in [2.75, 3.05) is 13.7 Å². The zero-order valence-corrected chi connectivity index (χ0v) is 28.4. The molecule has 0 spiro atoms. The average molecular weight is 637 g/mol. The van der Waals surface area contributed by atoms with Crippen LogP contribution in [0.5, 0.6) is 0 Å². The number of ether oxygens (including phenoxy) is 2. The minimum atomic E-state index is -1.03. The highest BCUT2D eigenvalue weighted by molar-refractivity contribution is 5.94. The van der Waals surface area contributed by atoms with E-state index in [1.807, 2.05) is 70.2 Å². The van der Waals surface area contributed by atoms with E-state index in [9.17, 15) is 24.0 Å². The number of nitrogens with one attached hydrogen (secondary N) is 2. The van der Waals surface area contributed by atoms with Gasteiger partial charge in [-0.2, -0.15) is 0 Å². The Morgan fingerprint density at radius 1 is 1.11 bits per heavy atom. The minimum Gasteiger partial charge on any atom is -0.468 e. The Hall–Kier alpha value is -4.12. The molecule has 2 aromatic rings. The van der Waals surface area contributed by atoms with Gasteiger partial charge in [-0.15, -0.1) is 0 Å². The number of aromatic nitrogens is 1. The molecule has 1 unspecified atom stereocenters. The number of ketones is 1. The van der Waals surface area contributed by atoms with Crippen LogP contribution in [0.1, 0.15) is 92.0 Å². The fourth-order valence-corrected chi connectivity index (χ4v) is 5.44. The fraction of sp³-hybridized carbons (Fsp3) is 0.543. The van der Waals surface area contributed by atoms with Gasteiger partial charge in [0.1, 0.15) is 23.5 Å². The van der Waals surface area contributed by atoms with Gasteiger partial charge in [-0.25, -0.2) is 10.4 Å². The number of hydrogen-bond acceptors (Lipinski definition) is 9. The van der Waals surface area contributed by atoms with Gasteiger partial charge in [0.05, 0.1) is 18.3 Å². The number of hydrazine groups is 1. The highest BCUT2D eigenvalue weighted by Gasteiger charge is 2.41. The van der Waals surface area contributed by atoms with Gasteiger partial charge in [-0.3, -0.25) is 29.0 Å².